The fourth-order valence-corrected chi connectivity index (χ4v) is 2.96. The number of benzene rings is 1. The van der Waals surface area contributed by atoms with E-state index in [0.29, 0.717) is 5.56 Å². The molecule has 108 valence electrons. The van der Waals surface area contributed by atoms with Crippen molar-refractivity contribution in [3.63, 3.8) is 0 Å². The summed E-state index contributed by atoms with van der Waals surface area (Å²) in [6.07, 6.45) is 0. The van der Waals surface area contributed by atoms with Crippen molar-refractivity contribution < 1.29 is 12.8 Å². The van der Waals surface area contributed by atoms with Gasteiger partial charge in [0.25, 0.3) is 15.2 Å². The molecular formula is C11H12BrFN4O2S. The molecule has 1 heterocycles. The zero-order valence-electron chi connectivity index (χ0n) is 10.7. The molecule has 0 aliphatic carbocycles. The lowest BCUT2D eigenvalue weighted by Gasteiger charge is -2.13. The molecule has 0 amide bonds. The van der Waals surface area contributed by atoms with E-state index in [1.165, 1.54) is 16.7 Å². The van der Waals surface area contributed by atoms with E-state index in [2.05, 4.69) is 26.1 Å². The lowest BCUT2D eigenvalue weighted by atomic mass is 10.2. The molecule has 2 rings (SSSR count). The molecule has 1 aromatic heterocycles. The first-order valence-electron chi connectivity index (χ1n) is 5.65. The van der Waals surface area contributed by atoms with Gasteiger partial charge >= 0.3 is 0 Å². The Labute approximate surface area is 124 Å². The minimum absolute atomic E-state index is 0.190. The van der Waals surface area contributed by atoms with Crippen LogP contribution in [0.3, 0.4) is 0 Å². The van der Waals surface area contributed by atoms with Crippen LogP contribution in [0.25, 0.3) is 11.4 Å². The molecule has 0 spiro atoms. The molecule has 20 heavy (non-hydrogen) atoms. The minimum Gasteiger partial charge on any atom is -0.294 e. The van der Waals surface area contributed by atoms with Crippen molar-refractivity contribution in [2.24, 2.45) is 5.14 Å². The Morgan fingerprint density at radius 3 is 2.55 bits per heavy atom. The number of aromatic nitrogens is 3. The van der Waals surface area contributed by atoms with Crippen molar-refractivity contribution >= 4 is 26.0 Å². The number of sulfonamides is 1. The van der Waals surface area contributed by atoms with Gasteiger partial charge in [0, 0.05) is 11.6 Å². The third-order valence-corrected chi connectivity index (χ3v) is 4.22. The molecule has 2 aromatic rings. The van der Waals surface area contributed by atoms with Gasteiger partial charge in [-0.1, -0.05) is 6.07 Å². The average Bonchev–Trinajstić information content (AvgIpc) is 2.77. The van der Waals surface area contributed by atoms with Gasteiger partial charge in [-0.25, -0.2) is 17.9 Å². The van der Waals surface area contributed by atoms with Crippen LogP contribution in [0.5, 0.6) is 0 Å². The quantitative estimate of drug-likeness (QED) is 0.904. The molecule has 0 radical (unpaired) electrons. The number of hydrogen-bond acceptors (Lipinski definition) is 4. The summed E-state index contributed by atoms with van der Waals surface area (Å²) in [4.78, 5) is 0. The van der Waals surface area contributed by atoms with Gasteiger partial charge in [-0.2, -0.15) is 0 Å². The second-order valence-corrected chi connectivity index (χ2v) is 6.66. The van der Waals surface area contributed by atoms with Crippen molar-refractivity contribution in [1.29, 1.82) is 0 Å². The highest BCUT2D eigenvalue weighted by atomic mass is 79.9. The smallest absolute Gasteiger partial charge is 0.273 e. The highest BCUT2D eigenvalue weighted by Crippen LogP contribution is 2.31. The fourth-order valence-electron chi connectivity index (χ4n) is 1.80. The second-order valence-electron chi connectivity index (χ2n) is 4.42. The van der Waals surface area contributed by atoms with Crippen molar-refractivity contribution in [3.05, 3.63) is 28.5 Å². The van der Waals surface area contributed by atoms with Crippen LogP contribution >= 0.6 is 15.9 Å². The van der Waals surface area contributed by atoms with Gasteiger partial charge in [-0.3, -0.25) is 4.57 Å². The summed E-state index contributed by atoms with van der Waals surface area (Å²) in [6.45, 7) is 3.52. The number of rotatable bonds is 3. The Kier molecular flexibility index (Phi) is 3.94. The Balaban J connectivity index is 2.76. The van der Waals surface area contributed by atoms with E-state index in [-0.39, 0.29) is 21.5 Å². The summed E-state index contributed by atoms with van der Waals surface area (Å²) in [5.41, 5.74) is 0.404. The standard InChI is InChI=1S/C11H12BrFN4O2S/c1-6(2)17-10(15-16-11(17)20(14,18)19)7-4-3-5-8(13)9(7)12/h3-6H,1-2H3,(H2,14,18,19). The van der Waals surface area contributed by atoms with Gasteiger partial charge in [0.05, 0.1) is 4.47 Å². The number of nitrogens with two attached hydrogens (primary N) is 1. The summed E-state index contributed by atoms with van der Waals surface area (Å²) in [7, 11) is -4.01. The summed E-state index contributed by atoms with van der Waals surface area (Å²) in [5, 5.41) is 12.2. The summed E-state index contributed by atoms with van der Waals surface area (Å²) in [5.74, 6) is -0.242. The van der Waals surface area contributed by atoms with E-state index >= 15 is 0 Å². The molecule has 0 bridgehead atoms. The predicted octanol–water partition coefficient (Wildman–Crippen LogP) is 2.07. The molecule has 1 aromatic carbocycles. The average molecular weight is 363 g/mol. The van der Waals surface area contributed by atoms with Gasteiger partial charge in [0.2, 0.25) is 0 Å². The van der Waals surface area contributed by atoms with E-state index in [0.717, 1.165) is 0 Å². The maximum atomic E-state index is 13.6. The van der Waals surface area contributed by atoms with Crippen LogP contribution in [0.2, 0.25) is 0 Å². The van der Waals surface area contributed by atoms with Crippen LogP contribution in [0.1, 0.15) is 19.9 Å². The Bertz CT molecular complexity index is 758. The van der Waals surface area contributed by atoms with Gasteiger partial charge in [0.15, 0.2) is 5.82 Å². The topological polar surface area (TPSA) is 90.9 Å². The molecule has 0 fully saturated rings. The van der Waals surface area contributed by atoms with Gasteiger partial charge in [0.1, 0.15) is 5.82 Å². The Morgan fingerprint density at radius 1 is 1.35 bits per heavy atom. The maximum absolute atomic E-state index is 13.6. The van der Waals surface area contributed by atoms with Gasteiger partial charge in [-0.15, -0.1) is 10.2 Å². The summed E-state index contributed by atoms with van der Waals surface area (Å²) < 4.78 is 38.2. The first-order valence-corrected chi connectivity index (χ1v) is 7.99. The second kappa shape index (κ2) is 5.23. The zero-order valence-corrected chi connectivity index (χ0v) is 13.1. The lowest BCUT2D eigenvalue weighted by molar-refractivity contribution is 0.524. The Morgan fingerprint density at radius 2 is 2.00 bits per heavy atom. The summed E-state index contributed by atoms with van der Waals surface area (Å²) >= 11 is 3.12. The van der Waals surface area contributed by atoms with Crippen LogP contribution in [-0.4, -0.2) is 23.2 Å². The molecule has 0 saturated heterocycles. The first-order chi connectivity index (χ1) is 9.23. The Hall–Kier alpha value is -1.32. The number of primary sulfonamides is 1. The van der Waals surface area contributed by atoms with E-state index in [1.807, 2.05) is 0 Å². The maximum Gasteiger partial charge on any atom is 0.273 e. The monoisotopic (exact) mass is 362 g/mol. The van der Waals surface area contributed by atoms with Crippen LogP contribution in [-0.2, 0) is 10.0 Å². The number of nitrogens with zero attached hydrogens (tertiary/aromatic N) is 3. The largest absolute Gasteiger partial charge is 0.294 e. The van der Waals surface area contributed by atoms with Crippen LogP contribution in [0.4, 0.5) is 4.39 Å². The van der Waals surface area contributed by atoms with Crippen LogP contribution < -0.4 is 5.14 Å². The number of hydrogen-bond donors (Lipinski definition) is 1. The van der Waals surface area contributed by atoms with Crippen molar-refractivity contribution in [3.8, 4) is 11.4 Å². The highest BCUT2D eigenvalue weighted by molar-refractivity contribution is 9.10. The summed E-state index contributed by atoms with van der Waals surface area (Å²) in [6, 6.07) is 4.14. The van der Waals surface area contributed by atoms with E-state index in [1.54, 1.807) is 19.9 Å². The molecule has 6 nitrogen and oxygen atoms in total. The van der Waals surface area contributed by atoms with E-state index in [4.69, 9.17) is 5.14 Å². The SMILES string of the molecule is CC(C)n1c(-c2cccc(F)c2Br)nnc1S(N)(=O)=O. The van der Waals surface area contributed by atoms with Crippen molar-refractivity contribution in [1.82, 2.24) is 14.8 Å². The third-order valence-electron chi connectivity index (χ3n) is 2.63. The molecule has 0 saturated carbocycles. The molecule has 0 aliphatic heterocycles. The van der Waals surface area contributed by atoms with Crippen molar-refractivity contribution in [2.45, 2.75) is 25.0 Å². The predicted molar refractivity (Wildman–Crippen MR) is 74.9 cm³/mol. The zero-order chi connectivity index (χ0) is 15.1. The highest BCUT2D eigenvalue weighted by Gasteiger charge is 2.25. The third kappa shape index (κ3) is 2.60. The minimum atomic E-state index is -4.01. The van der Waals surface area contributed by atoms with Gasteiger partial charge < -0.3 is 0 Å². The van der Waals surface area contributed by atoms with Crippen molar-refractivity contribution in [2.75, 3.05) is 0 Å². The van der Waals surface area contributed by atoms with Crippen LogP contribution in [0, 0.1) is 5.82 Å². The molecule has 9 heteroatoms. The molecular weight excluding hydrogens is 351 g/mol. The number of halogens is 2. The van der Waals surface area contributed by atoms with Crippen LogP contribution in [0.15, 0.2) is 27.8 Å². The van der Waals surface area contributed by atoms with Gasteiger partial charge in [-0.05, 0) is 41.9 Å². The van der Waals surface area contributed by atoms with E-state index < -0.39 is 15.8 Å². The first kappa shape index (κ1) is 15.1. The molecule has 2 N–H and O–H groups in total. The van der Waals surface area contributed by atoms with E-state index in [9.17, 15) is 12.8 Å². The molecule has 0 unspecified atom stereocenters. The lowest BCUT2D eigenvalue weighted by Crippen LogP contribution is -2.20. The normalized spacial score (nSPS) is 12.1. The molecule has 0 aliphatic rings. The fraction of sp³-hybridized carbons (Fsp3) is 0.273. The molecule has 0 atom stereocenters.